The summed E-state index contributed by atoms with van der Waals surface area (Å²) < 4.78 is 30.0. The predicted octanol–water partition coefficient (Wildman–Crippen LogP) is 4.54. The van der Waals surface area contributed by atoms with Gasteiger partial charge in [-0.1, -0.05) is 38.5 Å². The number of aryl methyl sites for hydroxylation is 1. The second-order valence-corrected chi connectivity index (χ2v) is 11.0. The lowest BCUT2D eigenvalue weighted by atomic mass is 9.87. The van der Waals surface area contributed by atoms with E-state index in [4.69, 9.17) is 0 Å². The number of rotatable bonds is 10. The third kappa shape index (κ3) is 6.77. The zero-order valence-electron chi connectivity index (χ0n) is 23.5. The Bertz CT molecular complexity index is 1300. The molecular weight excluding hydrogens is 510 g/mol. The molecule has 2 heterocycles. The molecular formula is C31H40F2N6O. The second kappa shape index (κ2) is 13.0. The largest absolute Gasteiger partial charge is 0.308 e. The van der Waals surface area contributed by atoms with Gasteiger partial charge in [0.05, 0.1) is 17.9 Å². The van der Waals surface area contributed by atoms with Gasteiger partial charge in [0.1, 0.15) is 18.0 Å². The number of likely N-dealkylation sites (N-methyl/N-ethyl adjacent to an activating group) is 1. The number of aromatic nitrogens is 2. The Kier molecular flexibility index (Phi) is 9.24. The fourth-order valence-corrected chi connectivity index (χ4v) is 5.93. The number of anilines is 1. The molecule has 0 spiro atoms. The van der Waals surface area contributed by atoms with Crippen LogP contribution in [0.1, 0.15) is 49.8 Å². The summed E-state index contributed by atoms with van der Waals surface area (Å²) >= 11 is 0. The van der Waals surface area contributed by atoms with Gasteiger partial charge in [-0.05, 0) is 61.1 Å². The molecule has 0 saturated carbocycles. The normalized spacial score (nSPS) is 18.9. The summed E-state index contributed by atoms with van der Waals surface area (Å²) in [7, 11) is 0. The third-order valence-corrected chi connectivity index (χ3v) is 8.21. The molecule has 1 fully saturated rings. The molecule has 1 aromatic heterocycles. The number of hydrogen-bond donors (Lipinski definition) is 2. The maximum atomic E-state index is 14.4. The van der Waals surface area contributed by atoms with Gasteiger partial charge in [-0.3, -0.25) is 9.69 Å². The number of nitrogens with one attached hydrogen (secondary N) is 2. The van der Waals surface area contributed by atoms with Crippen LogP contribution >= 0.6 is 0 Å². The Labute approximate surface area is 235 Å². The number of benzene rings is 2. The van der Waals surface area contributed by atoms with Crippen LogP contribution in [0.3, 0.4) is 0 Å². The lowest BCUT2D eigenvalue weighted by Crippen LogP contribution is -2.48. The minimum Gasteiger partial charge on any atom is -0.308 e. The van der Waals surface area contributed by atoms with E-state index in [9.17, 15) is 13.6 Å². The second-order valence-electron chi connectivity index (χ2n) is 11.0. The van der Waals surface area contributed by atoms with Gasteiger partial charge < -0.3 is 20.1 Å². The van der Waals surface area contributed by atoms with Crippen molar-refractivity contribution in [3.05, 3.63) is 77.2 Å². The molecule has 1 unspecified atom stereocenters. The highest BCUT2D eigenvalue weighted by Crippen LogP contribution is 2.26. The molecule has 1 saturated heterocycles. The van der Waals surface area contributed by atoms with Crippen molar-refractivity contribution in [1.29, 1.82) is 0 Å². The number of hydrogen-bond acceptors (Lipinski definition) is 5. The van der Waals surface area contributed by atoms with Gasteiger partial charge >= 0.3 is 0 Å². The summed E-state index contributed by atoms with van der Waals surface area (Å²) in [6.45, 7) is 10.5. The van der Waals surface area contributed by atoms with Gasteiger partial charge in [-0.15, -0.1) is 0 Å². The fourth-order valence-electron chi connectivity index (χ4n) is 5.93. The smallest absolute Gasteiger partial charge is 0.242 e. The maximum absolute atomic E-state index is 14.4. The van der Waals surface area contributed by atoms with Crippen molar-refractivity contribution < 1.29 is 13.6 Å². The van der Waals surface area contributed by atoms with E-state index in [-0.39, 0.29) is 11.9 Å². The number of carbonyl (C=O) groups excluding carboxylic acids is 1. The van der Waals surface area contributed by atoms with Crippen LogP contribution in [-0.4, -0.2) is 70.1 Å². The summed E-state index contributed by atoms with van der Waals surface area (Å²) in [6.07, 6.45) is 6.82. The summed E-state index contributed by atoms with van der Waals surface area (Å²) in [6, 6.07) is 10.2. The number of carbonyl (C=O) groups is 1. The Hall–Kier alpha value is -3.14. The van der Waals surface area contributed by atoms with Gasteiger partial charge in [0, 0.05) is 44.8 Å². The van der Waals surface area contributed by atoms with Crippen molar-refractivity contribution in [2.24, 2.45) is 0 Å². The highest BCUT2D eigenvalue weighted by atomic mass is 19.1. The number of piperazine rings is 1. The molecule has 2 N–H and O–H groups in total. The minimum atomic E-state index is -0.539. The molecule has 3 aromatic rings. The van der Waals surface area contributed by atoms with Crippen molar-refractivity contribution in [2.75, 3.05) is 38.0 Å². The van der Waals surface area contributed by atoms with Crippen LogP contribution in [0.4, 0.5) is 14.6 Å². The van der Waals surface area contributed by atoms with E-state index >= 15 is 0 Å². The minimum absolute atomic E-state index is 0.0570. The summed E-state index contributed by atoms with van der Waals surface area (Å²) in [5.41, 5.74) is 3.54. The molecule has 1 amide bonds. The molecule has 214 valence electrons. The SMILES string of the molecule is CCC[C@H](NC1CCc2cc(F)cc(F)c2C1)C(=O)Nc1cn(-c2ccccc2CN2CCN(CC)CC2)cn1. The monoisotopic (exact) mass is 550 g/mol. The quantitative estimate of drug-likeness (QED) is 0.388. The van der Waals surface area contributed by atoms with Crippen LogP contribution in [0, 0.1) is 11.6 Å². The predicted molar refractivity (Wildman–Crippen MR) is 154 cm³/mol. The van der Waals surface area contributed by atoms with Crippen LogP contribution < -0.4 is 10.6 Å². The number of para-hydroxylation sites is 1. The van der Waals surface area contributed by atoms with Crippen LogP contribution in [0.25, 0.3) is 5.69 Å². The first kappa shape index (κ1) is 28.4. The number of imidazole rings is 1. The van der Waals surface area contributed by atoms with Gasteiger partial charge in [0.25, 0.3) is 0 Å². The van der Waals surface area contributed by atoms with E-state index in [1.807, 2.05) is 23.8 Å². The molecule has 7 nitrogen and oxygen atoms in total. The molecule has 1 aliphatic heterocycles. The number of halogens is 2. The molecule has 2 aliphatic rings. The van der Waals surface area contributed by atoms with E-state index in [2.05, 4.69) is 50.5 Å². The molecule has 0 radical (unpaired) electrons. The Morgan fingerprint density at radius 3 is 2.65 bits per heavy atom. The van der Waals surface area contributed by atoms with E-state index < -0.39 is 17.7 Å². The zero-order valence-corrected chi connectivity index (χ0v) is 23.5. The lowest BCUT2D eigenvalue weighted by molar-refractivity contribution is -0.118. The summed E-state index contributed by atoms with van der Waals surface area (Å²) in [4.78, 5) is 22.7. The van der Waals surface area contributed by atoms with E-state index in [1.165, 1.54) is 11.6 Å². The average molecular weight is 551 g/mol. The average Bonchev–Trinajstić information content (AvgIpc) is 3.42. The number of nitrogens with zero attached hydrogens (tertiary/aromatic N) is 4. The van der Waals surface area contributed by atoms with Gasteiger partial charge in [0.15, 0.2) is 5.82 Å². The van der Waals surface area contributed by atoms with Crippen LogP contribution in [-0.2, 0) is 24.2 Å². The first-order valence-electron chi connectivity index (χ1n) is 14.5. The van der Waals surface area contributed by atoms with Crippen LogP contribution in [0.5, 0.6) is 0 Å². The lowest BCUT2D eigenvalue weighted by Gasteiger charge is -2.34. The van der Waals surface area contributed by atoms with Crippen LogP contribution in [0.2, 0.25) is 0 Å². The highest BCUT2D eigenvalue weighted by Gasteiger charge is 2.27. The summed E-state index contributed by atoms with van der Waals surface area (Å²) in [5.74, 6) is -0.705. The molecule has 40 heavy (non-hydrogen) atoms. The fraction of sp³-hybridized carbons (Fsp3) is 0.484. The highest BCUT2D eigenvalue weighted by molar-refractivity contribution is 5.94. The molecule has 0 bridgehead atoms. The van der Waals surface area contributed by atoms with Crippen molar-refractivity contribution in [2.45, 2.75) is 64.6 Å². The molecule has 9 heteroatoms. The van der Waals surface area contributed by atoms with Gasteiger partial charge in [-0.25, -0.2) is 13.8 Å². The Balaban J connectivity index is 1.22. The van der Waals surface area contributed by atoms with Crippen LogP contribution in [0.15, 0.2) is 48.9 Å². The number of fused-ring (bicyclic) bond motifs is 1. The first-order valence-corrected chi connectivity index (χ1v) is 14.5. The van der Waals surface area contributed by atoms with Crippen molar-refractivity contribution in [3.8, 4) is 5.69 Å². The van der Waals surface area contributed by atoms with Gasteiger partial charge in [0.2, 0.25) is 5.91 Å². The van der Waals surface area contributed by atoms with Crippen molar-refractivity contribution >= 4 is 11.7 Å². The molecule has 2 aromatic carbocycles. The van der Waals surface area contributed by atoms with Crippen molar-refractivity contribution in [1.82, 2.24) is 24.7 Å². The van der Waals surface area contributed by atoms with Gasteiger partial charge in [-0.2, -0.15) is 0 Å². The molecule has 5 rings (SSSR count). The third-order valence-electron chi connectivity index (χ3n) is 8.21. The summed E-state index contributed by atoms with van der Waals surface area (Å²) in [5, 5.41) is 6.43. The Morgan fingerprint density at radius 2 is 1.88 bits per heavy atom. The van der Waals surface area contributed by atoms with E-state index in [1.54, 1.807) is 6.33 Å². The van der Waals surface area contributed by atoms with Crippen molar-refractivity contribution in [3.63, 3.8) is 0 Å². The standard InChI is InChI=1S/C31H40F2N6O/c1-3-7-28(35-25-11-10-22-16-24(32)17-27(33)26(22)18-25)31(40)36-30-20-39(21-34-30)29-9-6-5-8-23(29)19-38-14-12-37(4-2)13-15-38/h5-6,8-9,16-17,20-21,25,28,35H,3-4,7,10-15,18-19H2,1-2H3,(H,36,40)/t25?,28-/m0/s1. The molecule has 2 atom stereocenters. The first-order chi connectivity index (χ1) is 19.4. The zero-order chi connectivity index (χ0) is 28.1. The van der Waals surface area contributed by atoms with E-state index in [0.29, 0.717) is 30.6 Å². The molecule has 1 aliphatic carbocycles. The van der Waals surface area contributed by atoms with E-state index in [0.717, 1.165) is 69.4 Å². The maximum Gasteiger partial charge on any atom is 0.242 e. The number of amides is 1. The topological polar surface area (TPSA) is 65.4 Å². The Morgan fingerprint density at radius 1 is 1.10 bits per heavy atom.